The van der Waals surface area contributed by atoms with E-state index >= 15 is 0 Å². The molecule has 60 heavy (non-hydrogen) atoms. The lowest BCUT2D eigenvalue weighted by Crippen LogP contribution is -2.42. The van der Waals surface area contributed by atoms with Crippen molar-refractivity contribution in [2.24, 2.45) is 10.8 Å². The van der Waals surface area contributed by atoms with Crippen LogP contribution >= 0.6 is 7.60 Å². The molecule has 0 radical (unpaired) electrons. The lowest BCUT2D eigenvalue weighted by molar-refractivity contribution is -0.121. The van der Waals surface area contributed by atoms with E-state index in [1.807, 2.05) is 13.8 Å². The summed E-state index contributed by atoms with van der Waals surface area (Å²) in [6, 6.07) is 0. The summed E-state index contributed by atoms with van der Waals surface area (Å²) >= 11 is 0. The third-order valence-electron chi connectivity index (χ3n) is 10.8. The Bertz CT molecular complexity index is 936. The Balaban J connectivity index is 4.84. The highest BCUT2D eigenvalue weighted by Gasteiger charge is 2.35. The molecule has 0 rings (SSSR count). The molecule has 362 valence electrons. The fourth-order valence-corrected chi connectivity index (χ4v) is 7.55. The molecule has 0 bridgehead atoms. The van der Waals surface area contributed by atoms with Crippen LogP contribution in [0, 0.1) is 10.8 Å². The van der Waals surface area contributed by atoms with E-state index in [1.165, 1.54) is 89.9 Å². The van der Waals surface area contributed by atoms with Crippen molar-refractivity contribution < 1.29 is 67.2 Å². The molecule has 4 N–H and O–H groups in total. The van der Waals surface area contributed by atoms with E-state index in [-0.39, 0.29) is 78.8 Å². The highest BCUT2D eigenvalue weighted by molar-refractivity contribution is 7.52. The van der Waals surface area contributed by atoms with E-state index in [0.29, 0.717) is 65.7 Å². The van der Waals surface area contributed by atoms with Gasteiger partial charge in [0.15, 0.2) is 0 Å². The first-order chi connectivity index (χ1) is 29.2. The third kappa shape index (κ3) is 36.1. The third-order valence-corrected chi connectivity index (χ3v) is 12.2. The van der Waals surface area contributed by atoms with Crippen LogP contribution in [0.1, 0.15) is 143 Å². The molecule has 0 saturated heterocycles. The molecule has 0 aliphatic heterocycles. The quantitative estimate of drug-likeness (QED) is 0.0344. The van der Waals surface area contributed by atoms with Crippen molar-refractivity contribution in [3.8, 4) is 0 Å². The van der Waals surface area contributed by atoms with E-state index in [0.717, 1.165) is 12.8 Å². The van der Waals surface area contributed by atoms with Crippen LogP contribution in [0.2, 0.25) is 0 Å². The average Bonchev–Trinajstić information content (AvgIpc) is 3.24. The standard InChI is InChI=1S/C45H93O14P/c1-5-9-10-11-12-13-14-15-16-17-18-19-20-21-22-23-26-53-35-43(48)36-57-40-45(7-3,38-55-32-30-52-28-25-47)42-58-41-44(6-2,37-54-31-29-51-27-24-46)39-56-33-34-60(49,50)59-8-4/h43,46-48H,5-42H2,1-4H3,(H,49,50). The summed E-state index contributed by atoms with van der Waals surface area (Å²) in [7, 11) is -3.73. The molecule has 0 aromatic heterocycles. The van der Waals surface area contributed by atoms with E-state index in [4.69, 9.17) is 52.6 Å². The molecule has 4 atom stereocenters. The summed E-state index contributed by atoms with van der Waals surface area (Å²) in [5.41, 5.74) is -1.10. The molecule has 0 aliphatic carbocycles. The lowest BCUT2D eigenvalue weighted by atomic mass is 9.86. The van der Waals surface area contributed by atoms with Gasteiger partial charge in [0.25, 0.3) is 0 Å². The van der Waals surface area contributed by atoms with Gasteiger partial charge in [-0.25, -0.2) is 0 Å². The van der Waals surface area contributed by atoms with Crippen LogP contribution in [0.15, 0.2) is 0 Å². The molecule has 15 heteroatoms. The second-order valence-electron chi connectivity index (χ2n) is 16.4. The lowest BCUT2D eigenvalue weighted by Gasteiger charge is -2.36. The first-order valence-electron chi connectivity index (χ1n) is 23.7. The topological polar surface area (TPSA) is 181 Å². The SMILES string of the molecule is CCCCCCCCCCCCCCCCCCOCC(O)COCC(CC)(COCCOCCO)COCC(CC)(COCCOCCO)COCCP(=O)(O)OCC. The Kier molecular flexibility index (Phi) is 42.4. The van der Waals surface area contributed by atoms with Crippen molar-refractivity contribution in [2.75, 3.05) is 132 Å². The second-order valence-corrected chi connectivity index (χ2v) is 18.3. The van der Waals surface area contributed by atoms with Crippen LogP contribution in [0.5, 0.6) is 0 Å². The molecule has 0 saturated carbocycles. The Morgan fingerprint density at radius 3 is 1.27 bits per heavy atom. The van der Waals surface area contributed by atoms with Gasteiger partial charge in [-0.1, -0.05) is 117 Å². The average molecular weight is 889 g/mol. The predicted molar refractivity (Wildman–Crippen MR) is 238 cm³/mol. The minimum Gasteiger partial charge on any atom is -0.394 e. The first-order valence-corrected chi connectivity index (χ1v) is 25.4. The molecular formula is C45H93O14P. The molecule has 14 nitrogen and oxygen atoms in total. The Labute approximate surface area is 365 Å². The maximum atomic E-state index is 12.2. The van der Waals surface area contributed by atoms with Gasteiger partial charge < -0.3 is 62.6 Å². The van der Waals surface area contributed by atoms with Crippen LogP contribution in [-0.4, -0.2) is 158 Å². The number of aliphatic hydroxyl groups excluding tert-OH is 3. The molecule has 0 aliphatic rings. The minimum absolute atomic E-state index is 0.0413. The van der Waals surface area contributed by atoms with Gasteiger partial charge in [0, 0.05) is 17.4 Å². The molecular weight excluding hydrogens is 795 g/mol. The van der Waals surface area contributed by atoms with Crippen molar-refractivity contribution in [3.63, 3.8) is 0 Å². The smallest absolute Gasteiger partial charge is 0.330 e. The summed E-state index contributed by atoms with van der Waals surface area (Å²) in [4.78, 5) is 9.99. The zero-order valence-corrected chi connectivity index (χ0v) is 39.7. The molecule has 0 fully saturated rings. The van der Waals surface area contributed by atoms with Gasteiger partial charge in [-0.15, -0.1) is 0 Å². The first kappa shape index (κ1) is 59.7. The summed E-state index contributed by atoms with van der Waals surface area (Å²) in [5, 5.41) is 28.7. The summed E-state index contributed by atoms with van der Waals surface area (Å²) in [6.07, 6.45) is 21.6. The van der Waals surface area contributed by atoms with Crippen molar-refractivity contribution in [1.29, 1.82) is 0 Å². The maximum absolute atomic E-state index is 12.2. The molecule has 0 amide bonds. The fraction of sp³-hybridized carbons (Fsp3) is 1.00. The molecule has 4 unspecified atom stereocenters. The number of rotatable bonds is 50. The summed E-state index contributed by atoms with van der Waals surface area (Å²) in [5.74, 6) is 0. The van der Waals surface area contributed by atoms with Crippen molar-refractivity contribution in [2.45, 2.75) is 149 Å². The van der Waals surface area contributed by atoms with Crippen LogP contribution in [0.25, 0.3) is 0 Å². The highest BCUT2D eigenvalue weighted by atomic mass is 31.2. The van der Waals surface area contributed by atoms with Crippen LogP contribution in [0.4, 0.5) is 0 Å². The van der Waals surface area contributed by atoms with Crippen molar-refractivity contribution in [3.05, 3.63) is 0 Å². The van der Waals surface area contributed by atoms with Gasteiger partial charge >= 0.3 is 7.60 Å². The van der Waals surface area contributed by atoms with Crippen LogP contribution < -0.4 is 0 Å². The number of aliphatic hydroxyl groups is 3. The fourth-order valence-electron chi connectivity index (χ4n) is 6.66. The minimum atomic E-state index is -3.73. The number of hydrogen-bond acceptors (Lipinski definition) is 13. The zero-order valence-electron chi connectivity index (χ0n) is 38.8. The molecule has 0 aromatic carbocycles. The van der Waals surface area contributed by atoms with Gasteiger partial charge in [-0.2, -0.15) is 0 Å². The summed E-state index contributed by atoms with van der Waals surface area (Å²) in [6.45, 7) is 12.6. The van der Waals surface area contributed by atoms with E-state index in [9.17, 15) is 14.6 Å². The van der Waals surface area contributed by atoms with Gasteiger partial charge in [0.05, 0.1) is 125 Å². The van der Waals surface area contributed by atoms with Gasteiger partial charge in [0.1, 0.15) is 6.10 Å². The predicted octanol–water partition coefficient (Wildman–Crippen LogP) is 7.74. The monoisotopic (exact) mass is 889 g/mol. The van der Waals surface area contributed by atoms with E-state index < -0.39 is 24.5 Å². The van der Waals surface area contributed by atoms with Gasteiger partial charge in [0.2, 0.25) is 0 Å². The van der Waals surface area contributed by atoms with Crippen LogP contribution in [-0.2, 0) is 47.0 Å². The van der Waals surface area contributed by atoms with Gasteiger partial charge in [-0.05, 0) is 26.2 Å². The number of unbranched alkanes of at least 4 members (excludes halogenated alkanes) is 15. The van der Waals surface area contributed by atoms with Crippen molar-refractivity contribution in [1.82, 2.24) is 0 Å². The summed E-state index contributed by atoms with van der Waals surface area (Å²) < 4.78 is 64.1. The number of hydrogen-bond donors (Lipinski definition) is 4. The molecule has 0 spiro atoms. The van der Waals surface area contributed by atoms with Gasteiger partial charge in [-0.3, -0.25) is 4.57 Å². The maximum Gasteiger partial charge on any atom is 0.330 e. The Morgan fingerprint density at radius 2 is 0.833 bits per heavy atom. The van der Waals surface area contributed by atoms with Crippen LogP contribution in [0.3, 0.4) is 0 Å². The highest BCUT2D eigenvalue weighted by Crippen LogP contribution is 2.41. The normalized spacial score (nSPS) is 15.5. The molecule has 0 aromatic rings. The van der Waals surface area contributed by atoms with E-state index in [2.05, 4.69) is 6.92 Å². The van der Waals surface area contributed by atoms with Crippen molar-refractivity contribution >= 4 is 7.60 Å². The zero-order chi connectivity index (χ0) is 44.3. The number of ether oxygens (including phenoxy) is 8. The Morgan fingerprint density at radius 1 is 0.450 bits per heavy atom. The second kappa shape index (κ2) is 42.6. The molecule has 0 heterocycles. The Hall–Kier alpha value is -0.290. The van der Waals surface area contributed by atoms with E-state index in [1.54, 1.807) is 6.92 Å². The largest absolute Gasteiger partial charge is 0.394 e.